The molecule has 0 spiro atoms. The second kappa shape index (κ2) is 17.4. The Kier molecular flexibility index (Phi) is 15.0. The highest BCUT2D eigenvalue weighted by atomic mass is 79.9. The zero-order valence-corrected chi connectivity index (χ0v) is 26.9. The van der Waals surface area contributed by atoms with Gasteiger partial charge in [0.1, 0.15) is 0 Å². The van der Waals surface area contributed by atoms with Gasteiger partial charge in [-0.25, -0.2) is 0 Å². The smallest absolute Gasteiger partial charge is 0.490 e. The van der Waals surface area contributed by atoms with Gasteiger partial charge in [0.05, 0.1) is 6.61 Å². The molecule has 1 aliphatic heterocycles. The minimum atomic E-state index is -3.32. The molecule has 1 aliphatic rings. The van der Waals surface area contributed by atoms with E-state index in [1.54, 1.807) is 0 Å². The molecule has 2 rings (SSSR count). The van der Waals surface area contributed by atoms with Gasteiger partial charge in [0.2, 0.25) is 4.13 Å². The maximum atomic E-state index is 6.92. The molecule has 1 aromatic rings. The summed E-state index contributed by atoms with van der Waals surface area (Å²) in [5.41, 5.74) is 2.67. The molecule has 0 aromatic heterocycles. The molecular formula is C30H50BrNO5Si. The Morgan fingerprint density at radius 3 is 2.00 bits per heavy atom. The van der Waals surface area contributed by atoms with Crippen molar-refractivity contribution < 1.29 is 22.8 Å². The van der Waals surface area contributed by atoms with E-state index in [2.05, 4.69) is 41.7 Å². The van der Waals surface area contributed by atoms with Crippen LogP contribution in [0.25, 0.3) is 6.08 Å². The van der Waals surface area contributed by atoms with Crippen molar-refractivity contribution in [2.24, 2.45) is 0 Å². The molecule has 38 heavy (non-hydrogen) atoms. The summed E-state index contributed by atoms with van der Waals surface area (Å²) in [5.74, 6) is 1.36. The first-order chi connectivity index (χ1) is 18.4. The summed E-state index contributed by atoms with van der Waals surface area (Å²) in [4.78, 5) is 0. The monoisotopic (exact) mass is 611 g/mol. The number of rotatable bonds is 21. The highest BCUT2D eigenvalue weighted by molar-refractivity contribution is 9.10. The number of benzene rings is 1. The van der Waals surface area contributed by atoms with Crippen LogP contribution in [0.5, 0.6) is 11.5 Å². The first-order valence-electron chi connectivity index (χ1n) is 14.6. The number of fused-ring (bicyclic) bond motifs is 1. The third kappa shape index (κ3) is 9.12. The van der Waals surface area contributed by atoms with E-state index in [1.807, 2.05) is 45.1 Å². The van der Waals surface area contributed by atoms with Crippen molar-refractivity contribution in [2.45, 2.75) is 103 Å². The average molecular weight is 613 g/mol. The molecule has 0 saturated carbocycles. The second-order valence-electron chi connectivity index (χ2n) is 9.60. The largest absolute Gasteiger partial charge is 0.558 e. The SMILES string of the molecule is C=C1C=Cc2c(ccc(OCCCCCCCCCC)c2OC(Br)(CCC)[Si](OCC)(OCC)OCC)N1. The van der Waals surface area contributed by atoms with Gasteiger partial charge in [-0.3, -0.25) is 0 Å². The minimum Gasteiger partial charge on any atom is -0.490 e. The van der Waals surface area contributed by atoms with Crippen molar-refractivity contribution in [1.29, 1.82) is 0 Å². The van der Waals surface area contributed by atoms with Gasteiger partial charge in [-0.15, -0.1) is 0 Å². The number of nitrogens with one attached hydrogen (secondary N) is 1. The Labute approximate surface area is 241 Å². The number of alkyl halides is 1. The van der Waals surface area contributed by atoms with Gasteiger partial charge >= 0.3 is 8.80 Å². The normalized spacial score (nSPS) is 14.6. The molecule has 1 aromatic carbocycles. The van der Waals surface area contributed by atoms with E-state index in [4.69, 9.17) is 22.8 Å². The average Bonchev–Trinajstić information content (AvgIpc) is 2.89. The summed E-state index contributed by atoms with van der Waals surface area (Å²) < 4.78 is 31.2. The number of hydrogen-bond acceptors (Lipinski definition) is 6. The van der Waals surface area contributed by atoms with Crippen LogP contribution in [0.15, 0.2) is 30.5 Å². The van der Waals surface area contributed by atoms with Crippen molar-refractivity contribution in [3.8, 4) is 11.5 Å². The Bertz CT molecular complexity index is 863. The lowest BCUT2D eigenvalue weighted by Crippen LogP contribution is -2.65. The van der Waals surface area contributed by atoms with Crippen LogP contribution in [0, 0.1) is 0 Å². The fourth-order valence-corrected chi connectivity index (χ4v) is 9.07. The molecule has 8 heteroatoms. The van der Waals surface area contributed by atoms with Gasteiger partial charge in [-0.1, -0.05) is 71.8 Å². The number of anilines is 1. The second-order valence-corrected chi connectivity index (χ2v) is 14.4. The van der Waals surface area contributed by atoms with Crippen LogP contribution >= 0.6 is 15.9 Å². The van der Waals surface area contributed by atoms with E-state index in [0.29, 0.717) is 44.3 Å². The summed E-state index contributed by atoms with van der Waals surface area (Å²) in [5, 5.41) is 3.35. The molecule has 6 nitrogen and oxygen atoms in total. The van der Waals surface area contributed by atoms with E-state index in [9.17, 15) is 0 Å². The molecule has 1 unspecified atom stereocenters. The lowest BCUT2D eigenvalue weighted by molar-refractivity contribution is 0.0173. The van der Waals surface area contributed by atoms with Crippen LogP contribution < -0.4 is 14.8 Å². The number of hydrogen-bond donors (Lipinski definition) is 1. The van der Waals surface area contributed by atoms with E-state index < -0.39 is 12.9 Å². The maximum absolute atomic E-state index is 6.92. The van der Waals surface area contributed by atoms with E-state index >= 15 is 0 Å². The number of unbranched alkanes of at least 4 members (excludes halogenated alkanes) is 7. The molecule has 0 amide bonds. The first kappa shape index (κ1) is 32.9. The highest BCUT2D eigenvalue weighted by Crippen LogP contribution is 2.46. The van der Waals surface area contributed by atoms with E-state index in [1.165, 1.54) is 44.9 Å². The fraction of sp³-hybridized carbons (Fsp3) is 0.667. The Morgan fingerprint density at radius 1 is 0.816 bits per heavy atom. The zero-order chi connectivity index (χ0) is 27.9. The molecule has 216 valence electrons. The van der Waals surface area contributed by atoms with Crippen molar-refractivity contribution in [3.63, 3.8) is 0 Å². The summed E-state index contributed by atoms with van der Waals surface area (Å²) in [6, 6.07) is 4.00. The molecule has 1 heterocycles. The van der Waals surface area contributed by atoms with Crippen molar-refractivity contribution >= 4 is 36.5 Å². The van der Waals surface area contributed by atoms with E-state index in [0.717, 1.165) is 29.8 Å². The third-order valence-electron chi connectivity index (χ3n) is 6.46. The molecule has 0 aliphatic carbocycles. The van der Waals surface area contributed by atoms with Crippen LogP contribution in [0.3, 0.4) is 0 Å². The van der Waals surface area contributed by atoms with Crippen molar-refractivity contribution in [2.75, 3.05) is 31.7 Å². The van der Waals surface area contributed by atoms with Crippen LogP contribution in [-0.4, -0.2) is 39.4 Å². The third-order valence-corrected chi connectivity index (χ3v) is 11.7. The van der Waals surface area contributed by atoms with E-state index in [-0.39, 0.29) is 0 Å². The lowest BCUT2D eigenvalue weighted by Gasteiger charge is -2.41. The van der Waals surface area contributed by atoms with Gasteiger partial charge in [0.15, 0.2) is 11.5 Å². The number of ether oxygens (including phenoxy) is 2. The van der Waals surface area contributed by atoms with Gasteiger partial charge in [-0.05, 0) is 67.4 Å². The molecular weight excluding hydrogens is 562 g/mol. The highest BCUT2D eigenvalue weighted by Gasteiger charge is 2.62. The molecule has 0 radical (unpaired) electrons. The van der Waals surface area contributed by atoms with Crippen molar-refractivity contribution in [3.05, 3.63) is 36.0 Å². The maximum Gasteiger partial charge on any atom is 0.558 e. The van der Waals surface area contributed by atoms with Gasteiger partial charge in [0.25, 0.3) is 0 Å². The van der Waals surface area contributed by atoms with Crippen molar-refractivity contribution in [1.82, 2.24) is 0 Å². The van der Waals surface area contributed by atoms with Crippen LogP contribution in [-0.2, 0) is 13.3 Å². The quantitative estimate of drug-likeness (QED) is 0.0850. The van der Waals surface area contributed by atoms with Gasteiger partial charge in [0, 0.05) is 43.2 Å². The first-order valence-corrected chi connectivity index (χ1v) is 17.2. The molecule has 0 bridgehead atoms. The molecule has 1 N–H and O–H groups in total. The standard InChI is InChI=1S/C30H50BrNO5Si/c1-7-12-13-14-15-16-17-18-24-33-28-22-21-27-26(20-19-25(6)32-27)29(28)37-30(31,23-8-2)38(34-9-3,35-10-4)36-11-5/h19-22,32H,6-18,23-24H2,1-5H3. The predicted octanol–water partition coefficient (Wildman–Crippen LogP) is 9.02. The summed E-state index contributed by atoms with van der Waals surface area (Å²) >= 11 is 3.96. The van der Waals surface area contributed by atoms with Gasteiger partial charge in [-0.2, -0.15) is 0 Å². The topological polar surface area (TPSA) is 58.2 Å². The number of allylic oxidation sites excluding steroid dienone is 1. The Morgan fingerprint density at radius 2 is 1.42 bits per heavy atom. The zero-order valence-electron chi connectivity index (χ0n) is 24.3. The van der Waals surface area contributed by atoms with Crippen LogP contribution in [0.1, 0.15) is 104 Å². The van der Waals surface area contributed by atoms with Crippen LogP contribution in [0.2, 0.25) is 0 Å². The Hall–Kier alpha value is -1.32. The lowest BCUT2D eigenvalue weighted by atomic mass is 10.1. The summed E-state index contributed by atoms with van der Waals surface area (Å²) in [6.45, 7) is 16.3. The number of halogens is 1. The van der Waals surface area contributed by atoms with Gasteiger partial charge < -0.3 is 28.1 Å². The van der Waals surface area contributed by atoms with Crippen LogP contribution in [0.4, 0.5) is 5.69 Å². The molecule has 0 fully saturated rings. The molecule has 1 atom stereocenters. The predicted molar refractivity (Wildman–Crippen MR) is 164 cm³/mol. The minimum absolute atomic E-state index is 0.461. The molecule has 0 saturated heterocycles. The summed E-state index contributed by atoms with van der Waals surface area (Å²) in [7, 11) is -3.32. The summed E-state index contributed by atoms with van der Waals surface area (Å²) in [6.07, 6.45) is 15.5. The Balaban J connectivity index is 2.31. The fourth-order valence-electron chi connectivity index (χ4n) is 4.66.